The van der Waals surface area contributed by atoms with E-state index in [1.165, 1.54) is 12.1 Å². The lowest BCUT2D eigenvalue weighted by Gasteiger charge is -1.88. The lowest BCUT2D eigenvalue weighted by Crippen LogP contribution is -2.02. The van der Waals surface area contributed by atoms with Crippen molar-refractivity contribution in [2.45, 2.75) is 6.92 Å². The molecule has 1 aliphatic heterocycles. The lowest BCUT2D eigenvalue weighted by molar-refractivity contribution is 1.13. The molecule has 1 radical (unpaired) electrons. The van der Waals surface area contributed by atoms with Gasteiger partial charge in [0.2, 0.25) is 0 Å². The van der Waals surface area contributed by atoms with E-state index in [-0.39, 0.29) is 0 Å². The molecule has 0 unspecified atom stereocenters. The van der Waals surface area contributed by atoms with E-state index in [4.69, 9.17) is 0 Å². The lowest BCUT2D eigenvalue weighted by atomic mass is 10.4. The van der Waals surface area contributed by atoms with Gasteiger partial charge in [-0.2, -0.15) is 0 Å². The summed E-state index contributed by atoms with van der Waals surface area (Å²) in [6, 6.07) is 1.13. The maximum atomic E-state index is 3.81. The largest absolute Gasteiger partial charge is 0.231 e. The maximum Gasteiger partial charge on any atom is 0.0866 e. The zero-order valence-corrected chi connectivity index (χ0v) is 4.25. The summed E-state index contributed by atoms with van der Waals surface area (Å²) in [4.78, 5) is 0. The predicted molar refractivity (Wildman–Crippen MR) is 28.1 cm³/mol. The molecule has 0 amide bonds. The SMILES string of the molecule is C[C]1C=NSN1. The van der Waals surface area contributed by atoms with Crippen LogP contribution in [-0.4, -0.2) is 6.21 Å². The van der Waals surface area contributed by atoms with Gasteiger partial charge in [-0.25, -0.2) is 9.12 Å². The van der Waals surface area contributed by atoms with Gasteiger partial charge in [-0.05, 0) is 6.92 Å². The van der Waals surface area contributed by atoms with Gasteiger partial charge in [0.25, 0.3) is 0 Å². The number of nitrogens with zero attached hydrogens (tertiary/aromatic N) is 1. The van der Waals surface area contributed by atoms with Gasteiger partial charge in [-0.3, -0.25) is 0 Å². The number of hydrogen-bond acceptors (Lipinski definition) is 3. The molecule has 1 heterocycles. The van der Waals surface area contributed by atoms with Gasteiger partial charge in [0, 0.05) is 6.21 Å². The molecule has 6 heavy (non-hydrogen) atoms. The summed E-state index contributed by atoms with van der Waals surface area (Å²) in [6.07, 6.45) is 1.80. The van der Waals surface area contributed by atoms with Crippen LogP contribution in [0.2, 0.25) is 0 Å². The normalized spacial score (nSPS) is 22.8. The molecule has 1 aliphatic rings. The Hall–Kier alpha value is -0.0200. The van der Waals surface area contributed by atoms with Gasteiger partial charge in [0.05, 0.1) is 18.2 Å². The van der Waals surface area contributed by atoms with E-state index >= 15 is 0 Å². The maximum absolute atomic E-state index is 3.81. The van der Waals surface area contributed by atoms with Gasteiger partial charge in [-0.15, -0.1) is 0 Å². The molecule has 0 saturated heterocycles. The fraction of sp³-hybridized carbons (Fsp3) is 0.333. The quantitative estimate of drug-likeness (QED) is 0.456. The van der Waals surface area contributed by atoms with Crippen molar-refractivity contribution in [3.63, 3.8) is 0 Å². The molecule has 0 bridgehead atoms. The van der Waals surface area contributed by atoms with Crippen molar-refractivity contribution in [1.29, 1.82) is 0 Å². The summed E-state index contributed by atoms with van der Waals surface area (Å²) in [7, 11) is 0. The van der Waals surface area contributed by atoms with Crippen molar-refractivity contribution in [2.75, 3.05) is 0 Å². The van der Waals surface area contributed by atoms with E-state index in [0.29, 0.717) is 0 Å². The van der Waals surface area contributed by atoms with Crippen LogP contribution in [0.1, 0.15) is 6.92 Å². The molecule has 0 atom stereocenters. The zero-order chi connectivity index (χ0) is 4.41. The number of nitrogens with one attached hydrogen (secondary N) is 1. The average molecular weight is 101 g/mol. The summed E-state index contributed by atoms with van der Waals surface area (Å²) in [5.41, 5.74) is 0. The van der Waals surface area contributed by atoms with Gasteiger partial charge < -0.3 is 0 Å². The highest BCUT2D eigenvalue weighted by molar-refractivity contribution is 7.96. The van der Waals surface area contributed by atoms with E-state index in [1.54, 1.807) is 6.21 Å². The van der Waals surface area contributed by atoms with Gasteiger partial charge >= 0.3 is 0 Å². The van der Waals surface area contributed by atoms with Crippen LogP contribution >= 0.6 is 12.1 Å². The van der Waals surface area contributed by atoms with Crippen LogP contribution in [0, 0.1) is 6.04 Å². The Morgan fingerprint density at radius 3 is 3.00 bits per heavy atom. The Bertz CT molecular complexity index is 71.2. The van der Waals surface area contributed by atoms with Crippen LogP contribution < -0.4 is 4.72 Å². The molecule has 0 aliphatic carbocycles. The summed E-state index contributed by atoms with van der Waals surface area (Å²) in [6.45, 7) is 1.98. The first kappa shape index (κ1) is 4.15. The molecule has 0 fully saturated rings. The molecule has 3 heteroatoms. The molecule has 33 valence electrons. The third-order valence-corrected chi connectivity index (χ3v) is 1.13. The minimum atomic E-state index is 1.13. The molecule has 1 N–H and O–H groups in total. The van der Waals surface area contributed by atoms with Crippen LogP contribution in [0.3, 0.4) is 0 Å². The minimum Gasteiger partial charge on any atom is -0.231 e. The highest BCUT2D eigenvalue weighted by atomic mass is 32.2. The zero-order valence-electron chi connectivity index (χ0n) is 3.43. The van der Waals surface area contributed by atoms with Crippen LogP contribution in [0.5, 0.6) is 0 Å². The van der Waals surface area contributed by atoms with Crippen LogP contribution in [-0.2, 0) is 0 Å². The number of rotatable bonds is 0. The second-order valence-corrected chi connectivity index (χ2v) is 1.71. The third-order valence-electron chi connectivity index (χ3n) is 0.506. The van der Waals surface area contributed by atoms with E-state index in [9.17, 15) is 0 Å². The van der Waals surface area contributed by atoms with Gasteiger partial charge in [0.1, 0.15) is 0 Å². The Labute approximate surface area is 41.3 Å². The molecule has 0 saturated carbocycles. The molecule has 0 spiro atoms. The molecular weight excluding hydrogens is 96.1 g/mol. The topological polar surface area (TPSA) is 24.4 Å². The van der Waals surface area contributed by atoms with Crippen molar-refractivity contribution < 1.29 is 0 Å². The standard InChI is InChI=1S/C3H5N2S/c1-3-2-4-6-5-3/h2,5H,1H3. The third kappa shape index (κ3) is 0.725. The highest BCUT2D eigenvalue weighted by Crippen LogP contribution is 2.07. The first-order valence-electron chi connectivity index (χ1n) is 1.68. The van der Waals surface area contributed by atoms with Crippen LogP contribution in [0.25, 0.3) is 0 Å². The Morgan fingerprint density at radius 2 is 2.83 bits per heavy atom. The second-order valence-electron chi connectivity index (χ2n) is 1.11. The first-order chi connectivity index (χ1) is 2.89. The van der Waals surface area contributed by atoms with Gasteiger partial charge in [0.15, 0.2) is 0 Å². The Morgan fingerprint density at radius 1 is 2.00 bits per heavy atom. The van der Waals surface area contributed by atoms with Crippen molar-refractivity contribution in [2.24, 2.45) is 4.40 Å². The smallest absolute Gasteiger partial charge is 0.0866 e. The van der Waals surface area contributed by atoms with E-state index < -0.39 is 0 Å². The molecule has 0 aromatic carbocycles. The summed E-state index contributed by atoms with van der Waals surface area (Å²) in [5, 5.41) is 0. The summed E-state index contributed by atoms with van der Waals surface area (Å²) in [5.74, 6) is 0. The van der Waals surface area contributed by atoms with Crippen molar-refractivity contribution >= 4 is 18.3 Å². The van der Waals surface area contributed by atoms with Crippen molar-refractivity contribution in [3.05, 3.63) is 6.04 Å². The predicted octanol–water partition coefficient (Wildman–Crippen LogP) is 0.775. The highest BCUT2D eigenvalue weighted by Gasteiger charge is 2.01. The molecule has 2 nitrogen and oxygen atoms in total. The fourth-order valence-corrected chi connectivity index (χ4v) is 0.690. The second kappa shape index (κ2) is 1.62. The van der Waals surface area contributed by atoms with Crippen molar-refractivity contribution in [1.82, 2.24) is 4.72 Å². The fourth-order valence-electron chi connectivity index (χ4n) is 0.230. The summed E-state index contributed by atoms with van der Waals surface area (Å²) < 4.78 is 6.74. The monoisotopic (exact) mass is 101 g/mol. The Kier molecular flexibility index (Phi) is 1.12. The van der Waals surface area contributed by atoms with E-state index in [2.05, 4.69) is 9.12 Å². The summed E-state index contributed by atoms with van der Waals surface area (Å²) >= 11 is 1.36. The van der Waals surface area contributed by atoms with E-state index in [0.717, 1.165) is 6.04 Å². The molecular formula is C3H5N2S. The Balaban J connectivity index is 2.38. The minimum absolute atomic E-state index is 1.13. The van der Waals surface area contributed by atoms with E-state index in [1.807, 2.05) is 6.92 Å². The molecule has 0 aromatic heterocycles. The molecule has 1 rings (SSSR count). The number of hydrogen-bond donors (Lipinski definition) is 1. The first-order valence-corrected chi connectivity index (χ1v) is 2.46. The van der Waals surface area contributed by atoms with Crippen LogP contribution in [0.4, 0.5) is 0 Å². The molecule has 0 aromatic rings. The van der Waals surface area contributed by atoms with Crippen LogP contribution in [0.15, 0.2) is 4.40 Å². The van der Waals surface area contributed by atoms with Crippen molar-refractivity contribution in [3.8, 4) is 0 Å². The average Bonchev–Trinajstić information content (AvgIpc) is 1.86. The van der Waals surface area contributed by atoms with Gasteiger partial charge in [-0.1, -0.05) is 0 Å².